The van der Waals surface area contributed by atoms with Gasteiger partial charge >= 0.3 is 0 Å². The van der Waals surface area contributed by atoms with Crippen LogP contribution in [0.15, 0.2) is 43.0 Å². The summed E-state index contributed by atoms with van der Waals surface area (Å²) in [5.41, 5.74) is 3.17. The van der Waals surface area contributed by atoms with Gasteiger partial charge in [0.1, 0.15) is 11.9 Å². The van der Waals surface area contributed by atoms with Gasteiger partial charge in [0.15, 0.2) is 11.5 Å². The van der Waals surface area contributed by atoms with Gasteiger partial charge in [-0.2, -0.15) is 5.10 Å². The van der Waals surface area contributed by atoms with Crippen molar-refractivity contribution >= 4 is 40.8 Å². The highest BCUT2D eigenvalue weighted by atomic mass is 19.1. The summed E-state index contributed by atoms with van der Waals surface area (Å²) in [6.07, 6.45) is 14.0. The zero-order valence-electron chi connectivity index (χ0n) is 34.9. The maximum absolute atomic E-state index is 15.6. The molecule has 0 unspecified atom stereocenters. The Balaban J connectivity index is 0.787. The Bertz CT molecular complexity index is 2140. The van der Waals surface area contributed by atoms with E-state index < -0.39 is 23.4 Å². The fourth-order valence-electron chi connectivity index (χ4n) is 7.87. The molecule has 4 amide bonds. The molecular weight excluding hydrogens is 770 g/mol. The number of nitrogens with one attached hydrogen (secondary N) is 4. The standard InChI is InChI=1S/C43H58FN11O5/c1-43(2,3)38(42(60)54-16-14-31(56)25-54)51-36(57)9-7-5-4-6-8-15-45-37(58)27-52-17-19-53(20-18-52)41(59)29-12-13-33(32(44)21-29)49-39-40-46-24-35(30-22-47-48-23-30)55(40)26-34(50-39)28-10-11-28/h12-13,21-24,26,28,31,38,56H,4-11,14-20,25,27H2,1-3H3,(H,45,58)(H,47,48)(H,49,50)(H,51,57)/t31-,38-/m1/s1. The average molecular weight is 828 g/mol. The zero-order chi connectivity index (χ0) is 42.4. The van der Waals surface area contributed by atoms with E-state index in [4.69, 9.17) is 4.98 Å². The van der Waals surface area contributed by atoms with Gasteiger partial charge in [0.05, 0.1) is 42.1 Å². The number of aromatic amines is 1. The van der Waals surface area contributed by atoms with E-state index in [1.54, 1.807) is 40.5 Å². The van der Waals surface area contributed by atoms with E-state index in [1.165, 1.54) is 6.07 Å². The van der Waals surface area contributed by atoms with E-state index in [0.29, 0.717) is 76.0 Å². The number of fused-ring (bicyclic) bond motifs is 1. The molecule has 3 aromatic heterocycles. The Labute approximate surface area is 349 Å². The van der Waals surface area contributed by atoms with Crippen molar-refractivity contribution in [3.05, 3.63) is 60.1 Å². The van der Waals surface area contributed by atoms with Gasteiger partial charge < -0.3 is 30.9 Å². The molecule has 1 aliphatic carbocycles. The Morgan fingerprint density at radius 1 is 0.950 bits per heavy atom. The summed E-state index contributed by atoms with van der Waals surface area (Å²) >= 11 is 0. The molecule has 1 aromatic carbocycles. The highest BCUT2D eigenvalue weighted by Gasteiger charge is 2.38. The van der Waals surface area contributed by atoms with Gasteiger partial charge in [-0.1, -0.05) is 40.0 Å². The predicted molar refractivity (Wildman–Crippen MR) is 224 cm³/mol. The summed E-state index contributed by atoms with van der Waals surface area (Å²) in [7, 11) is 0. The van der Waals surface area contributed by atoms with E-state index >= 15 is 4.39 Å². The van der Waals surface area contributed by atoms with Gasteiger partial charge in [0, 0.05) is 81.7 Å². The Morgan fingerprint density at radius 3 is 2.40 bits per heavy atom. The summed E-state index contributed by atoms with van der Waals surface area (Å²) < 4.78 is 17.5. The molecule has 4 aromatic rings. The number of hydrogen-bond donors (Lipinski definition) is 5. The number of aliphatic hydroxyl groups excluding tert-OH is 1. The van der Waals surface area contributed by atoms with Gasteiger partial charge in [0.2, 0.25) is 17.7 Å². The summed E-state index contributed by atoms with van der Waals surface area (Å²) in [6, 6.07) is 3.79. The number of piperazine rings is 1. The van der Waals surface area contributed by atoms with Crippen molar-refractivity contribution in [3.63, 3.8) is 0 Å². The quantitative estimate of drug-likeness (QED) is 0.0964. The van der Waals surface area contributed by atoms with Crippen molar-refractivity contribution < 1.29 is 28.7 Å². The van der Waals surface area contributed by atoms with Crippen molar-refractivity contribution in [1.82, 2.24) is 49.9 Å². The molecule has 1 saturated carbocycles. The van der Waals surface area contributed by atoms with Gasteiger partial charge in [-0.3, -0.25) is 33.6 Å². The van der Waals surface area contributed by atoms with E-state index in [9.17, 15) is 24.3 Å². The van der Waals surface area contributed by atoms with Crippen molar-refractivity contribution in [1.29, 1.82) is 0 Å². The van der Waals surface area contributed by atoms with Crippen LogP contribution in [0.5, 0.6) is 0 Å². The summed E-state index contributed by atoms with van der Waals surface area (Å²) in [4.78, 5) is 66.5. The second-order valence-electron chi connectivity index (χ2n) is 17.5. The molecule has 2 aliphatic heterocycles. The average Bonchev–Trinajstić information content (AvgIpc) is 3.52. The lowest BCUT2D eigenvalue weighted by molar-refractivity contribution is -0.138. The SMILES string of the molecule is CC(C)(C)[C@H](NC(=O)CCCCCCCNC(=O)CN1CCN(C(=O)c2ccc(Nc3nc(C4CC4)cn4c(-c5cn[nH]c5)cnc34)c(F)c2)CC1)C(=O)N1CC[C@@H](O)C1. The van der Waals surface area contributed by atoms with Gasteiger partial charge in [-0.05, 0) is 55.7 Å². The lowest BCUT2D eigenvalue weighted by atomic mass is 9.85. The van der Waals surface area contributed by atoms with Crippen LogP contribution in [0.25, 0.3) is 16.9 Å². The normalized spacial score (nSPS) is 17.9. The number of H-pyrrole nitrogens is 1. The second kappa shape index (κ2) is 18.9. The number of likely N-dealkylation sites (tertiary alicyclic amines) is 1. The molecule has 0 spiro atoms. The number of unbranched alkanes of at least 4 members (excludes halogenated alkanes) is 4. The number of benzene rings is 1. The molecule has 0 bridgehead atoms. The number of amides is 4. The minimum absolute atomic E-state index is 0.0644. The molecule has 3 fully saturated rings. The van der Waals surface area contributed by atoms with Crippen LogP contribution in [0.3, 0.4) is 0 Å². The largest absolute Gasteiger partial charge is 0.391 e. The molecule has 16 nitrogen and oxygen atoms in total. The lowest BCUT2D eigenvalue weighted by Crippen LogP contribution is -2.54. The third kappa shape index (κ3) is 10.7. The minimum atomic E-state index is -0.637. The summed E-state index contributed by atoms with van der Waals surface area (Å²) in [5, 5.41) is 25.8. The van der Waals surface area contributed by atoms with E-state index in [2.05, 4.69) is 31.1 Å². The second-order valence-corrected chi connectivity index (χ2v) is 17.5. The number of imidazole rings is 1. The number of hydrogen-bond acceptors (Lipinski definition) is 10. The minimum Gasteiger partial charge on any atom is -0.391 e. The van der Waals surface area contributed by atoms with Crippen molar-refractivity contribution in [2.45, 2.75) is 96.6 Å². The molecule has 60 heavy (non-hydrogen) atoms. The first-order valence-corrected chi connectivity index (χ1v) is 21.3. The molecule has 2 atom stereocenters. The smallest absolute Gasteiger partial charge is 0.254 e. The molecular formula is C43H58FN11O5. The van der Waals surface area contributed by atoms with Gasteiger partial charge in [-0.15, -0.1) is 0 Å². The number of halogens is 1. The fourth-order valence-corrected chi connectivity index (χ4v) is 7.87. The first-order valence-electron chi connectivity index (χ1n) is 21.3. The monoisotopic (exact) mass is 827 g/mol. The van der Waals surface area contributed by atoms with Crippen LogP contribution in [0.4, 0.5) is 15.9 Å². The highest BCUT2D eigenvalue weighted by molar-refractivity contribution is 5.95. The number of aliphatic hydroxyl groups is 1. The third-order valence-electron chi connectivity index (χ3n) is 11.6. The van der Waals surface area contributed by atoms with Crippen LogP contribution in [-0.4, -0.2) is 133 Å². The van der Waals surface area contributed by atoms with Crippen LogP contribution in [0.1, 0.15) is 101 Å². The van der Waals surface area contributed by atoms with Gasteiger partial charge in [-0.25, -0.2) is 14.4 Å². The predicted octanol–water partition coefficient (Wildman–Crippen LogP) is 4.22. The Morgan fingerprint density at radius 2 is 1.72 bits per heavy atom. The van der Waals surface area contributed by atoms with E-state index in [-0.39, 0.29) is 41.4 Å². The highest BCUT2D eigenvalue weighted by Crippen LogP contribution is 2.40. The summed E-state index contributed by atoms with van der Waals surface area (Å²) in [5.74, 6) is -0.395. The molecule has 2 saturated heterocycles. The molecule has 5 heterocycles. The molecule has 0 radical (unpaired) electrons. The Kier molecular flexibility index (Phi) is 13.4. The molecule has 322 valence electrons. The molecule has 3 aliphatic rings. The number of rotatable bonds is 17. The van der Waals surface area contributed by atoms with E-state index in [1.807, 2.05) is 36.3 Å². The van der Waals surface area contributed by atoms with Crippen LogP contribution in [0.2, 0.25) is 0 Å². The third-order valence-corrected chi connectivity index (χ3v) is 11.6. The number of nitrogens with zero attached hydrogens (tertiary/aromatic N) is 7. The number of aromatic nitrogens is 5. The summed E-state index contributed by atoms with van der Waals surface area (Å²) in [6.45, 7) is 9.33. The molecule has 7 rings (SSSR count). The van der Waals surface area contributed by atoms with Crippen molar-refractivity contribution in [3.8, 4) is 11.3 Å². The van der Waals surface area contributed by atoms with Crippen LogP contribution < -0.4 is 16.0 Å². The molecule has 17 heteroatoms. The van der Waals surface area contributed by atoms with Crippen LogP contribution in [-0.2, 0) is 14.4 Å². The zero-order valence-corrected chi connectivity index (χ0v) is 34.9. The van der Waals surface area contributed by atoms with Crippen molar-refractivity contribution in [2.75, 3.05) is 57.7 Å². The van der Waals surface area contributed by atoms with Crippen LogP contribution in [0, 0.1) is 11.2 Å². The number of anilines is 2. The molecule has 5 N–H and O–H groups in total. The van der Waals surface area contributed by atoms with Crippen LogP contribution >= 0.6 is 0 Å². The lowest BCUT2D eigenvalue weighted by Gasteiger charge is -2.34. The van der Waals surface area contributed by atoms with Gasteiger partial charge in [0.25, 0.3) is 5.91 Å². The number of β-amino-alcohol motifs (C(OH)–C–C–N with tert-alkyl or cyclic N) is 1. The first-order chi connectivity index (χ1) is 28.8. The maximum Gasteiger partial charge on any atom is 0.254 e. The maximum atomic E-state index is 15.6. The number of carbonyl (C=O) groups excluding carboxylic acids is 4. The topological polar surface area (TPSA) is 193 Å². The fraction of sp³-hybridized carbons (Fsp3) is 0.558. The first kappa shape index (κ1) is 42.7. The van der Waals surface area contributed by atoms with E-state index in [0.717, 1.165) is 61.9 Å². The Hall–Kier alpha value is -5.42. The van der Waals surface area contributed by atoms with Crippen molar-refractivity contribution in [2.24, 2.45) is 5.41 Å². The number of carbonyl (C=O) groups is 4.